The number of hydrogen-bond acceptors (Lipinski definition) is 4. The van der Waals surface area contributed by atoms with Crippen LogP contribution in [0.15, 0.2) is 11.6 Å². The van der Waals surface area contributed by atoms with Gasteiger partial charge in [-0.2, -0.15) is 0 Å². The Morgan fingerprint density at radius 3 is 2.64 bits per heavy atom. The fourth-order valence-corrected chi connectivity index (χ4v) is 5.43. The number of aliphatic hydroxyl groups excluding tert-OH is 1. The third-order valence-corrected chi connectivity index (χ3v) is 7.80. The highest BCUT2D eigenvalue weighted by Gasteiger charge is 2.56. The first kappa shape index (κ1) is 18.9. The predicted octanol–water partition coefficient (Wildman–Crippen LogP) is 3.87. The fourth-order valence-electron chi connectivity index (χ4n) is 5.43. The topological polar surface area (TPSA) is 59.1 Å². The zero-order valence-electron chi connectivity index (χ0n) is 16.4. The molecule has 0 amide bonds. The number of carbonyl (C=O) groups is 1. The summed E-state index contributed by atoms with van der Waals surface area (Å²) in [5, 5.41) is 9.35. The molecule has 142 valence electrons. The van der Waals surface area contributed by atoms with Crippen LogP contribution in [0.3, 0.4) is 0 Å². The zero-order valence-corrected chi connectivity index (χ0v) is 16.4. The summed E-state index contributed by atoms with van der Waals surface area (Å²) in [6, 6.07) is 0. The maximum absolute atomic E-state index is 12.5. The van der Waals surface area contributed by atoms with Gasteiger partial charge >= 0.3 is 5.97 Å². The minimum atomic E-state index is -0.395. The molecular formula is C21H34O4. The molecule has 0 radical (unpaired) electrons. The van der Waals surface area contributed by atoms with Crippen molar-refractivity contribution in [3.63, 3.8) is 0 Å². The molecule has 6 atom stereocenters. The molecule has 2 aliphatic carbocycles. The minimum absolute atomic E-state index is 0.00790. The van der Waals surface area contributed by atoms with Crippen LogP contribution in [0, 0.1) is 22.7 Å². The van der Waals surface area contributed by atoms with E-state index in [0.29, 0.717) is 5.92 Å². The van der Waals surface area contributed by atoms with E-state index >= 15 is 0 Å². The van der Waals surface area contributed by atoms with Crippen molar-refractivity contribution in [2.75, 3.05) is 13.7 Å². The summed E-state index contributed by atoms with van der Waals surface area (Å²) < 4.78 is 10.9. The second kappa shape index (κ2) is 6.38. The maximum atomic E-state index is 12.5. The summed E-state index contributed by atoms with van der Waals surface area (Å²) >= 11 is 0. The van der Waals surface area contributed by atoms with E-state index in [0.717, 1.165) is 38.5 Å². The van der Waals surface area contributed by atoms with Gasteiger partial charge in [-0.3, -0.25) is 4.79 Å². The van der Waals surface area contributed by atoms with Crippen LogP contribution in [0.2, 0.25) is 0 Å². The molecule has 1 N–H and O–H groups in total. The van der Waals surface area contributed by atoms with Gasteiger partial charge in [0, 0.05) is 0 Å². The van der Waals surface area contributed by atoms with Gasteiger partial charge in [-0.15, -0.1) is 0 Å². The number of hydrogen-bond donors (Lipinski definition) is 1. The Kier molecular flexibility index (Phi) is 4.83. The lowest BCUT2D eigenvalue weighted by molar-refractivity contribution is -0.156. The Hall–Kier alpha value is -0.870. The molecule has 0 bridgehead atoms. The number of aliphatic hydroxyl groups is 1. The highest BCUT2D eigenvalue weighted by Crippen LogP contribution is 2.59. The summed E-state index contributed by atoms with van der Waals surface area (Å²) in [5.74, 6) is 0.819. The largest absolute Gasteiger partial charge is 0.469 e. The number of epoxide rings is 1. The summed E-state index contributed by atoms with van der Waals surface area (Å²) in [6.07, 6.45) is 8.45. The van der Waals surface area contributed by atoms with Gasteiger partial charge in [-0.1, -0.05) is 25.5 Å². The third kappa shape index (κ3) is 2.95. The van der Waals surface area contributed by atoms with E-state index in [1.54, 1.807) is 0 Å². The quantitative estimate of drug-likeness (QED) is 0.464. The van der Waals surface area contributed by atoms with E-state index in [9.17, 15) is 9.90 Å². The van der Waals surface area contributed by atoms with Crippen molar-refractivity contribution in [1.29, 1.82) is 0 Å². The standard InChI is InChI=1S/C21H34O4/c1-14-8-9-16-15(7-6-10-20(16,3)18(23)24-5)19(14,2)11-12-21(4)17(13-22)25-21/h7,14,16-17,22H,6,8-13H2,1-5H3/t14-,16-,17+,19+,20+,21+/m1/s1. The molecule has 3 rings (SSSR count). The molecule has 0 aromatic rings. The Balaban J connectivity index is 1.83. The average Bonchev–Trinajstić information content (AvgIpc) is 3.27. The number of carbonyl (C=O) groups excluding carboxylic acids is 1. The van der Waals surface area contributed by atoms with Crippen molar-refractivity contribution in [2.24, 2.45) is 22.7 Å². The zero-order chi connectivity index (χ0) is 18.5. The highest BCUT2D eigenvalue weighted by atomic mass is 16.6. The first-order chi connectivity index (χ1) is 11.7. The molecule has 4 heteroatoms. The number of ether oxygens (including phenoxy) is 2. The van der Waals surface area contributed by atoms with Gasteiger partial charge in [-0.05, 0) is 69.6 Å². The van der Waals surface area contributed by atoms with Crippen molar-refractivity contribution in [3.8, 4) is 0 Å². The normalized spacial score (nSPS) is 46.2. The average molecular weight is 350 g/mol. The SMILES string of the molecule is COC(=O)[C@@]1(C)CCC=C2[C@H]1CC[C@@H](C)[C@]2(C)CC[C@]1(C)O[C@H]1CO. The molecule has 3 aliphatic rings. The molecule has 0 unspecified atom stereocenters. The van der Waals surface area contributed by atoms with Crippen LogP contribution in [-0.2, 0) is 14.3 Å². The van der Waals surface area contributed by atoms with E-state index in [-0.39, 0.29) is 35.6 Å². The van der Waals surface area contributed by atoms with Crippen LogP contribution < -0.4 is 0 Å². The first-order valence-corrected chi connectivity index (χ1v) is 9.79. The number of allylic oxidation sites excluding steroid dienone is 2. The second-order valence-electron chi connectivity index (χ2n) is 9.16. The summed E-state index contributed by atoms with van der Waals surface area (Å²) in [5.41, 5.74) is 0.988. The molecule has 4 nitrogen and oxygen atoms in total. The van der Waals surface area contributed by atoms with E-state index in [4.69, 9.17) is 9.47 Å². The summed E-state index contributed by atoms with van der Waals surface area (Å²) in [6.45, 7) is 9.03. The number of methoxy groups -OCH3 is 1. The van der Waals surface area contributed by atoms with E-state index in [1.165, 1.54) is 12.7 Å². The summed E-state index contributed by atoms with van der Waals surface area (Å²) in [4.78, 5) is 12.5. The van der Waals surface area contributed by atoms with Crippen molar-refractivity contribution in [3.05, 3.63) is 11.6 Å². The Bertz CT molecular complexity index is 570. The molecule has 0 spiro atoms. The van der Waals surface area contributed by atoms with E-state index in [1.807, 2.05) is 0 Å². The van der Waals surface area contributed by atoms with Gasteiger partial charge in [0.15, 0.2) is 0 Å². The minimum Gasteiger partial charge on any atom is -0.469 e. The van der Waals surface area contributed by atoms with Crippen molar-refractivity contribution >= 4 is 5.97 Å². The highest BCUT2D eigenvalue weighted by molar-refractivity contribution is 5.77. The monoisotopic (exact) mass is 350 g/mol. The van der Waals surface area contributed by atoms with Gasteiger partial charge in [0.2, 0.25) is 0 Å². The van der Waals surface area contributed by atoms with Crippen LogP contribution in [-0.4, -0.2) is 36.5 Å². The number of rotatable bonds is 5. The third-order valence-electron chi connectivity index (χ3n) is 7.80. The molecule has 1 saturated heterocycles. The Morgan fingerprint density at radius 2 is 2.04 bits per heavy atom. The van der Waals surface area contributed by atoms with Crippen LogP contribution in [0.25, 0.3) is 0 Å². The summed E-state index contributed by atoms with van der Waals surface area (Å²) in [7, 11) is 1.51. The Labute approximate surface area is 152 Å². The van der Waals surface area contributed by atoms with Gasteiger partial charge < -0.3 is 14.6 Å². The lowest BCUT2D eigenvalue weighted by Crippen LogP contribution is -2.48. The maximum Gasteiger partial charge on any atom is 0.312 e. The molecular weight excluding hydrogens is 316 g/mol. The molecule has 2 fully saturated rings. The molecule has 1 saturated carbocycles. The van der Waals surface area contributed by atoms with Crippen molar-refractivity contribution < 1.29 is 19.4 Å². The molecule has 0 aromatic heterocycles. The lowest BCUT2D eigenvalue weighted by Gasteiger charge is -2.53. The van der Waals surface area contributed by atoms with Crippen molar-refractivity contribution in [1.82, 2.24) is 0 Å². The number of fused-ring (bicyclic) bond motifs is 1. The van der Waals surface area contributed by atoms with E-state index < -0.39 is 5.41 Å². The predicted molar refractivity (Wildman–Crippen MR) is 97.0 cm³/mol. The van der Waals surface area contributed by atoms with Crippen LogP contribution in [0.5, 0.6) is 0 Å². The van der Waals surface area contributed by atoms with E-state index in [2.05, 4.69) is 33.8 Å². The lowest BCUT2D eigenvalue weighted by atomic mass is 9.51. The Morgan fingerprint density at radius 1 is 1.32 bits per heavy atom. The smallest absolute Gasteiger partial charge is 0.312 e. The van der Waals surface area contributed by atoms with Crippen molar-refractivity contribution in [2.45, 2.75) is 77.9 Å². The molecule has 1 heterocycles. The van der Waals surface area contributed by atoms with Gasteiger partial charge in [-0.25, -0.2) is 0 Å². The molecule has 25 heavy (non-hydrogen) atoms. The van der Waals surface area contributed by atoms with Crippen LogP contribution in [0.4, 0.5) is 0 Å². The van der Waals surface area contributed by atoms with Crippen LogP contribution in [0.1, 0.15) is 66.2 Å². The van der Waals surface area contributed by atoms with Gasteiger partial charge in [0.1, 0.15) is 6.10 Å². The molecule has 0 aromatic carbocycles. The second-order valence-corrected chi connectivity index (χ2v) is 9.16. The fraction of sp³-hybridized carbons (Fsp3) is 0.857. The number of esters is 1. The first-order valence-electron chi connectivity index (χ1n) is 9.79. The van der Waals surface area contributed by atoms with Gasteiger partial charge in [0.25, 0.3) is 0 Å². The molecule has 1 aliphatic heterocycles. The van der Waals surface area contributed by atoms with Gasteiger partial charge in [0.05, 0.1) is 24.7 Å². The van der Waals surface area contributed by atoms with Crippen LogP contribution >= 0.6 is 0 Å².